The topological polar surface area (TPSA) is 62.6 Å². The highest BCUT2D eigenvalue weighted by molar-refractivity contribution is 5.89. The third-order valence-corrected chi connectivity index (χ3v) is 4.23. The molecule has 5 heteroatoms. The number of hydrogen-bond acceptors (Lipinski definition) is 3. The lowest BCUT2D eigenvalue weighted by atomic mass is 10.1. The van der Waals surface area contributed by atoms with E-state index in [0.29, 0.717) is 19.6 Å². The van der Waals surface area contributed by atoms with E-state index in [2.05, 4.69) is 5.32 Å². The third kappa shape index (κ3) is 3.62. The van der Waals surface area contributed by atoms with Gasteiger partial charge in [-0.1, -0.05) is 24.3 Å². The van der Waals surface area contributed by atoms with Crippen LogP contribution < -0.4 is 5.32 Å². The molecule has 2 heterocycles. The molecule has 0 aliphatic carbocycles. The maximum atomic E-state index is 12.3. The number of aryl methyl sites for hydroxylation is 1. The molecule has 23 heavy (non-hydrogen) atoms. The van der Waals surface area contributed by atoms with E-state index < -0.39 is 0 Å². The summed E-state index contributed by atoms with van der Waals surface area (Å²) in [6.07, 6.45) is 1.85. The number of hydrogen-bond donors (Lipinski definition) is 1. The van der Waals surface area contributed by atoms with Gasteiger partial charge in [-0.15, -0.1) is 0 Å². The van der Waals surface area contributed by atoms with Gasteiger partial charge in [-0.25, -0.2) is 0 Å². The van der Waals surface area contributed by atoms with Crippen molar-refractivity contribution in [3.8, 4) is 0 Å². The van der Waals surface area contributed by atoms with E-state index in [1.54, 1.807) is 17.2 Å². The predicted molar refractivity (Wildman–Crippen MR) is 85.3 cm³/mol. The van der Waals surface area contributed by atoms with Crippen molar-refractivity contribution >= 4 is 11.8 Å². The van der Waals surface area contributed by atoms with Gasteiger partial charge in [0, 0.05) is 19.5 Å². The summed E-state index contributed by atoms with van der Waals surface area (Å²) in [6, 6.07) is 11.6. The number of amides is 2. The molecule has 1 atom stereocenters. The molecule has 0 radical (unpaired) electrons. The van der Waals surface area contributed by atoms with E-state index in [1.807, 2.05) is 37.3 Å². The maximum Gasteiger partial charge on any atom is 0.225 e. The van der Waals surface area contributed by atoms with E-state index >= 15 is 0 Å². The fourth-order valence-corrected chi connectivity index (χ4v) is 2.83. The van der Waals surface area contributed by atoms with Gasteiger partial charge in [0.25, 0.3) is 0 Å². The first-order chi connectivity index (χ1) is 11.1. The van der Waals surface area contributed by atoms with Crippen molar-refractivity contribution in [3.63, 3.8) is 0 Å². The van der Waals surface area contributed by atoms with Crippen LogP contribution in [0.15, 0.2) is 47.1 Å². The van der Waals surface area contributed by atoms with Gasteiger partial charge in [-0.3, -0.25) is 9.59 Å². The SMILES string of the molecule is Cc1ccccc1CNC(=O)C1CC(=O)N(Cc2ccco2)C1. The molecule has 1 aliphatic heterocycles. The number of likely N-dealkylation sites (tertiary alicyclic amines) is 1. The molecule has 1 saturated heterocycles. The first-order valence-corrected chi connectivity index (χ1v) is 7.76. The average molecular weight is 312 g/mol. The second kappa shape index (κ2) is 6.69. The monoisotopic (exact) mass is 312 g/mol. The van der Waals surface area contributed by atoms with Crippen molar-refractivity contribution in [2.24, 2.45) is 5.92 Å². The molecular formula is C18H20N2O3. The van der Waals surface area contributed by atoms with E-state index in [0.717, 1.165) is 16.9 Å². The summed E-state index contributed by atoms with van der Waals surface area (Å²) in [7, 11) is 0. The van der Waals surface area contributed by atoms with Gasteiger partial charge >= 0.3 is 0 Å². The standard InChI is InChI=1S/C18H20N2O3/c1-13-5-2-3-6-14(13)10-19-18(22)15-9-17(21)20(11-15)12-16-7-4-8-23-16/h2-8,15H,9-12H2,1H3,(H,19,22). The Morgan fingerprint density at radius 2 is 2.13 bits per heavy atom. The van der Waals surface area contributed by atoms with Crippen molar-refractivity contribution < 1.29 is 14.0 Å². The zero-order valence-electron chi connectivity index (χ0n) is 13.1. The summed E-state index contributed by atoms with van der Waals surface area (Å²) in [6.45, 7) is 3.38. The quantitative estimate of drug-likeness (QED) is 0.921. The summed E-state index contributed by atoms with van der Waals surface area (Å²) in [4.78, 5) is 26.0. The lowest BCUT2D eigenvalue weighted by molar-refractivity contribution is -0.129. The van der Waals surface area contributed by atoms with Crippen LogP contribution in [-0.4, -0.2) is 23.3 Å². The highest BCUT2D eigenvalue weighted by atomic mass is 16.3. The smallest absolute Gasteiger partial charge is 0.225 e. The lowest BCUT2D eigenvalue weighted by Gasteiger charge is -2.15. The molecule has 2 amide bonds. The van der Waals surface area contributed by atoms with Crippen LogP contribution in [0.1, 0.15) is 23.3 Å². The number of rotatable bonds is 5. The number of carbonyl (C=O) groups excluding carboxylic acids is 2. The Morgan fingerprint density at radius 1 is 1.30 bits per heavy atom. The zero-order chi connectivity index (χ0) is 16.2. The van der Waals surface area contributed by atoms with Gasteiger partial charge in [0.1, 0.15) is 5.76 Å². The Bertz CT molecular complexity index is 694. The highest BCUT2D eigenvalue weighted by Gasteiger charge is 2.34. The molecular weight excluding hydrogens is 292 g/mol. The van der Waals surface area contributed by atoms with Crippen LogP contribution in [0.3, 0.4) is 0 Å². The van der Waals surface area contributed by atoms with E-state index in [9.17, 15) is 9.59 Å². The van der Waals surface area contributed by atoms with E-state index in [1.165, 1.54) is 0 Å². The largest absolute Gasteiger partial charge is 0.467 e. The fraction of sp³-hybridized carbons (Fsp3) is 0.333. The Morgan fingerprint density at radius 3 is 2.87 bits per heavy atom. The second-order valence-corrected chi connectivity index (χ2v) is 5.90. The molecule has 1 aliphatic rings. The van der Waals surface area contributed by atoms with Crippen LogP contribution >= 0.6 is 0 Å². The summed E-state index contributed by atoms with van der Waals surface area (Å²) < 4.78 is 5.26. The third-order valence-electron chi connectivity index (χ3n) is 4.23. The fourth-order valence-electron chi connectivity index (χ4n) is 2.83. The minimum Gasteiger partial charge on any atom is -0.467 e. The summed E-state index contributed by atoms with van der Waals surface area (Å²) in [5.74, 6) is 0.377. The number of carbonyl (C=O) groups is 2. The van der Waals surface area contributed by atoms with Gasteiger partial charge in [0.05, 0.1) is 18.7 Å². The molecule has 120 valence electrons. The van der Waals surface area contributed by atoms with Crippen LogP contribution in [0.2, 0.25) is 0 Å². The first kappa shape index (κ1) is 15.3. The minimum atomic E-state index is -0.290. The molecule has 0 saturated carbocycles. The van der Waals surface area contributed by atoms with Crippen LogP contribution in [0.25, 0.3) is 0 Å². The molecule has 1 aromatic heterocycles. The van der Waals surface area contributed by atoms with Crippen LogP contribution in [0.5, 0.6) is 0 Å². The zero-order valence-corrected chi connectivity index (χ0v) is 13.1. The molecule has 5 nitrogen and oxygen atoms in total. The number of benzene rings is 1. The number of nitrogens with zero attached hydrogens (tertiary/aromatic N) is 1. The Hall–Kier alpha value is -2.56. The van der Waals surface area contributed by atoms with Crippen LogP contribution in [0.4, 0.5) is 0 Å². The lowest BCUT2D eigenvalue weighted by Crippen LogP contribution is -2.32. The highest BCUT2D eigenvalue weighted by Crippen LogP contribution is 2.20. The molecule has 1 unspecified atom stereocenters. The van der Waals surface area contributed by atoms with Crippen molar-refractivity contribution in [2.75, 3.05) is 6.54 Å². The van der Waals surface area contributed by atoms with Crippen LogP contribution in [0, 0.1) is 12.8 Å². The first-order valence-electron chi connectivity index (χ1n) is 7.76. The Balaban J connectivity index is 1.54. The van der Waals surface area contributed by atoms with Gasteiger partial charge in [0.2, 0.25) is 11.8 Å². The van der Waals surface area contributed by atoms with Gasteiger partial charge in [0.15, 0.2) is 0 Å². The van der Waals surface area contributed by atoms with Gasteiger partial charge < -0.3 is 14.6 Å². The molecule has 3 rings (SSSR count). The van der Waals surface area contributed by atoms with Crippen LogP contribution in [-0.2, 0) is 22.7 Å². The predicted octanol–water partition coefficient (Wildman–Crippen LogP) is 2.25. The van der Waals surface area contributed by atoms with Gasteiger partial charge in [-0.05, 0) is 30.2 Å². The van der Waals surface area contributed by atoms with Crippen molar-refractivity contribution in [1.82, 2.24) is 10.2 Å². The van der Waals surface area contributed by atoms with Crippen molar-refractivity contribution in [1.29, 1.82) is 0 Å². The molecule has 1 fully saturated rings. The Labute approximate surface area is 135 Å². The molecule has 2 aromatic rings. The normalized spacial score (nSPS) is 17.5. The van der Waals surface area contributed by atoms with E-state index in [4.69, 9.17) is 4.42 Å². The molecule has 1 aromatic carbocycles. The molecule has 1 N–H and O–H groups in total. The molecule has 0 spiro atoms. The van der Waals surface area contributed by atoms with Crippen molar-refractivity contribution in [2.45, 2.75) is 26.4 Å². The molecule has 0 bridgehead atoms. The maximum absolute atomic E-state index is 12.3. The minimum absolute atomic E-state index is 0.00237. The van der Waals surface area contributed by atoms with Crippen molar-refractivity contribution in [3.05, 3.63) is 59.5 Å². The number of furan rings is 1. The summed E-state index contributed by atoms with van der Waals surface area (Å²) in [5, 5.41) is 2.94. The summed E-state index contributed by atoms with van der Waals surface area (Å²) in [5.41, 5.74) is 2.24. The second-order valence-electron chi connectivity index (χ2n) is 5.90. The Kier molecular flexibility index (Phi) is 4.46. The number of nitrogens with one attached hydrogen (secondary N) is 1. The summed E-state index contributed by atoms with van der Waals surface area (Å²) >= 11 is 0. The average Bonchev–Trinajstić information content (AvgIpc) is 3.17. The van der Waals surface area contributed by atoms with Gasteiger partial charge in [-0.2, -0.15) is 0 Å². The van der Waals surface area contributed by atoms with E-state index in [-0.39, 0.29) is 24.2 Å².